The van der Waals surface area contributed by atoms with E-state index in [1.54, 1.807) is 18.4 Å². The Bertz CT molecular complexity index is 1020. The quantitative estimate of drug-likeness (QED) is 0.418. The van der Waals surface area contributed by atoms with Gasteiger partial charge in [-0.2, -0.15) is 0 Å². The van der Waals surface area contributed by atoms with E-state index in [1.807, 2.05) is 18.2 Å². The molecule has 4 rings (SSSR count). The molecule has 2 nitrogen and oxygen atoms in total. The molecule has 0 saturated carbocycles. The van der Waals surface area contributed by atoms with Crippen LogP contribution in [0.5, 0.6) is 5.75 Å². The maximum atomic E-state index is 5.29. The van der Waals surface area contributed by atoms with Crippen molar-refractivity contribution in [3.05, 3.63) is 84.4 Å². The highest BCUT2D eigenvalue weighted by atomic mass is 32.1. The van der Waals surface area contributed by atoms with Gasteiger partial charge in [0.25, 0.3) is 0 Å². The normalized spacial score (nSPS) is 10.7. The van der Waals surface area contributed by atoms with Gasteiger partial charge in [0.1, 0.15) is 10.8 Å². The standard InChI is InChI=1S/C23H19NOS/c1-16-7-6-10-19(15-16)23-24-21(17-11-13-20(25-2)14-12-17)22(26-23)18-8-4-3-5-9-18/h3-15H,1-2H3. The number of thiazole rings is 1. The van der Waals surface area contributed by atoms with Gasteiger partial charge in [-0.25, -0.2) is 4.98 Å². The Morgan fingerprint density at radius 2 is 1.50 bits per heavy atom. The number of ether oxygens (including phenoxy) is 1. The van der Waals surface area contributed by atoms with Crippen molar-refractivity contribution >= 4 is 11.3 Å². The summed E-state index contributed by atoms with van der Waals surface area (Å²) in [6.07, 6.45) is 0. The maximum Gasteiger partial charge on any atom is 0.124 e. The number of rotatable bonds is 4. The van der Waals surface area contributed by atoms with Crippen LogP contribution in [0.3, 0.4) is 0 Å². The van der Waals surface area contributed by atoms with Gasteiger partial charge in [0.05, 0.1) is 17.7 Å². The first-order chi connectivity index (χ1) is 12.7. The Labute approximate surface area is 157 Å². The fraction of sp³-hybridized carbons (Fsp3) is 0.0870. The van der Waals surface area contributed by atoms with E-state index in [-0.39, 0.29) is 0 Å². The van der Waals surface area contributed by atoms with Crippen molar-refractivity contribution in [3.8, 4) is 38.0 Å². The molecule has 128 valence electrons. The molecule has 0 atom stereocenters. The molecule has 0 unspecified atom stereocenters. The summed E-state index contributed by atoms with van der Waals surface area (Å²) in [6, 6.07) is 27.1. The zero-order chi connectivity index (χ0) is 17.9. The van der Waals surface area contributed by atoms with Crippen LogP contribution in [0, 0.1) is 6.92 Å². The summed E-state index contributed by atoms with van der Waals surface area (Å²) in [5, 5.41) is 1.04. The molecule has 1 heterocycles. The SMILES string of the molecule is COc1ccc(-c2nc(-c3cccc(C)c3)sc2-c2ccccc2)cc1. The zero-order valence-electron chi connectivity index (χ0n) is 14.8. The number of aromatic nitrogens is 1. The maximum absolute atomic E-state index is 5.29. The monoisotopic (exact) mass is 357 g/mol. The summed E-state index contributed by atoms with van der Waals surface area (Å²) in [5.74, 6) is 0.851. The van der Waals surface area contributed by atoms with Crippen LogP contribution in [-0.4, -0.2) is 12.1 Å². The van der Waals surface area contributed by atoms with Gasteiger partial charge >= 0.3 is 0 Å². The van der Waals surface area contributed by atoms with E-state index < -0.39 is 0 Å². The van der Waals surface area contributed by atoms with E-state index in [1.165, 1.54) is 16.0 Å². The minimum absolute atomic E-state index is 0.851. The number of nitrogens with zero attached hydrogens (tertiary/aromatic N) is 1. The fourth-order valence-corrected chi connectivity index (χ4v) is 4.04. The van der Waals surface area contributed by atoms with Gasteiger partial charge in [-0.15, -0.1) is 11.3 Å². The molecular weight excluding hydrogens is 338 g/mol. The number of hydrogen-bond acceptors (Lipinski definition) is 3. The lowest BCUT2D eigenvalue weighted by Gasteiger charge is -2.04. The molecule has 0 aliphatic heterocycles. The minimum atomic E-state index is 0.851. The van der Waals surface area contributed by atoms with Crippen LogP contribution in [0.15, 0.2) is 78.9 Å². The van der Waals surface area contributed by atoms with Gasteiger partial charge in [-0.05, 0) is 42.8 Å². The van der Waals surface area contributed by atoms with Crippen LogP contribution < -0.4 is 4.74 Å². The average Bonchev–Trinajstić information content (AvgIpc) is 3.14. The summed E-state index contributed by atoms with van der Waals surface area (Å²) in [4.78, 5) is 6.19. The second-order valence-corrected chi connectivity index (χ2v) is 7.16. The Morgan fingerprint density at radius 3 is 2.19 bits per heavy atom. The van der Waals surface area contributed by atoms with Crippen molar-refractivity contribution in [3.63, 3.8) is 0 Å². The van der Waals surface area contributed by atoms with Gasteiger partial charge in [-0.3, -0.25) is 0 Å². The van der Waals surface area contributed by atoms with Crippen LogP contribution in [0.2, 0.25) is 0 Å². The molecule has 0 aliphatic rings. The first kappa shape index (κ1) is 16.6. The van der Waals surface area contributed by atoms with E-state index in [2.05, 4.69) is 67.6 Å². The Kier molecular flexibility index (Phi) is 4.55. The molecule has 0 aliphatic carbocycles. The van der Waals surface area contributed by atoms with E-state index >= 15 is 0 Å². The Morgan fingerprint density at radius 1 is 0.769 bits per heavy atom. The van der Waals surface area contributed by atoms with Crippen molar-refractivity contribution in [2.24, 2.45) is 0 Å². The third kappa shape index (κ3) is 3.26. The van der Waals surface area contributed by atoms with Crippen molar-refractivity contribution in [2.75, 3.05) is 7.11 Å². The highest BCUT2D eigenvalue weighted by Crippen LogP contribution is 2.40. The predicted molar refractivity (Wildman–Crippen MR) is 110 cm³/mol. The lowest BCUT2D eigenvalue weighted by Crippen LogP contribution is -1.85. The molecule has 26 heavy (non-hydrogen) atoms. The van der Waals surface area contributed by atoms with Gasteiger partial charge in [-0.1, -0.05) is 54.1 Å². The number of methoxy groups -OCH3 is 1. The molecule has 0 fully saturated rings. The summed E-state index contributed by atoms with van der Waals surface area (Å²) >= 11 is 1.74. The molecular formula is C23H19NOS. The highest BCUT2D eigenvalue weighted by Gasteiger charge is 2.16. The zero-order valence-corrected chi connectivity index (χ0v) is 15.6. The first-order valence-corrected chi connectivity index (χ1v) is 9.34. The molecule has 0 bridgehead atoms. The molecule has 0 spiro atoms. The second-order valence-electron chi connectivity index (χ2n) is 6.16. The summed E-state index contributed by atoms with van der Waals surface area (Å²) in [7, 11) is 1.68. The summed E-state index contributed by atoms with van der Waals surface area (Å²) < 4.78 is 5.29. The van der Waals surface area contributed by atoms with Crippen LogP contribution in [0.4, 0.5) is 0 Å². The lowest BCUT2D eigenvalue weighted by atomic mass is 10.1. The minimum Gasteiger partial charge on any atom is -0.497 e. The van der Waals surface area contributed by atoms with E-state index in [9.17, 15) is 0 Å². The van der Waals surface area contributed by atoms with Gasteiger partial charge in [0, 0.05) is 11.1 Å². The lowest BCUT2D eigenvalue weighted by molar-refractivity contribution is 0.415. The second kappa shape index (κ2) is 7.14. The third-order valence-electron chi connectivity index (χ3n) is 4.29. The van der Waals surface area contributed by atoms with Crippen molar-refractivity contribution in [1.29, 1.82) is 0 Å². The molecule has 0 saturated heterocycles. The van der Waals surface area contributed by atoms with Crippen LogP contribution >= 0.6 is 11.3 Å². The first-order valence-electron chi connectivity index (χ1n) is 8.52. The van der Waals surface area contributed by atoms with E-state index in [0.717, 1.165) is 27.6 Å². The van der Waals surface area contributed by atoms with Crippen LogP contribution in [-0.2, 0) is 0 Å². The number of aryl methyl sites for hydroxylation is 1. The predicted octanol–water partition coefficient (Wildman–Crippen LogP) is 6.46. The van der Waals surface area contributed by atoms with Crippen molar-refractivity contribution in [2.45, 2.75) is 6.92 Å². The molecule has 0 radical (unpaired) electrons. The van der Waals surface area contributed by atoms with Crippen molar-refractivity contribution in [1.82, 2.24) is 4.98 Å². The summed E-state index contributed by atoms with van der Waals surface area (Å²) in [5.41, 5.74) is 5.70. The average molecular weight is 357 g/mol. The largest absolute Gasteiger partial charge is 0.497 e. The van der Waals surface area contributed by atoms with Crippen molar-refractivity contribution < 1.29 is 4.74 Å². The summed E-state index contributed by atoms with van der Waals surface area (Å²) in [6.45, 7) is 2.11. The third-order valence-corrected chi connectivity index (χ3v) is 5.45. The Balaban J connectivity index is 1.88. The molecule has 0 amide bonds. The molecule has 3 aromatic carbocycles. The van der Waals surface area contributed by atoms with E-state index in [4.69, 9.17) is 9.72 Å². The smallest absolute Gasteiger partial charge is 0.124 e. The molecule has 1 aromatic heterocycles. The fourth-order valence-electron chi connectivity index (χ4n) is 2.95. The van der Waals surface area contributed by atoms with Gasteiger partial charge in [0.15, 0.2) is 0 Å². The molecule has 0 N–H and O–H groups in total. The topological polar surface area (TPSA) is 22.1 Å². The highest BCUT2D eigenvalue weighted by molar-refractivity contribution is 7.19. The van der Waals surface area contributed by atoms with Gasteiger partial charge in [0.2, 0.25) is 0 Å². The van der Waals surface area contributed by atoms with Gasteiger partial charge < -0.3 is 4.74 Å². The van der Waals surface area contributed by atoms with E-state index in [0.29, 0.717) is 0 Å². The van der Waals surface area contributed by atoms with Crippen LogP contribution in [0.1, 0.15) is 5.56 Å². The number of benzene rings is 3. The van der Waals surface area contributed by atoms with Crippen LogP contribution in [0.25, 0.3) is 32.3 Å². The number of hydrogen-bond donors (Lipinski definition) is 0. The molecule has 4 aromatic rings. The molecule has 3 heteroatoms. The Hall–Kier alpha value is -2.91.